The van der Waals surface area contributed by atoms with Gasteiger partial charge in [-0.3, -0.25) is 14.4 Å². The molecule has 11 heteroatoms. The molecule has 28 heavy (non-hydrogen) atoms. The molecule has 1 aromatic rings. The van der Waals surface area contributed by atoms with Crippen LogP contribution in [0.2, 0.25) is 0 Å². The largest absolute Gasteiger partial charge is 0.481 e. The van der Waals surface area contributed by atoms with E-state index in [1.165, 1.54) is 23.8 Å². The van der Waals surface area contributed by atoms with Gasteiger partial charge >= 0.3 is 11.9 Å². The molecule has 0 aliphatic carbocycles. The summed E-state index contributed by atoms with van der Waals surface area (Å²) in [6.07, 6.45) is -0.139. The average molecular weight is 728 g/mol. The van der Waals surface area contributed by atoms with Crippen LogP contribution < -0.4 is 9.80 Å². The number of carboxylic acids is 2. The standard InChI is InChI=1S/C17H19I3N2O6/c1-7(6-10(25)26)5-9(24)22(4)16-13(19)11(17(27)28)12(18)15(14(16)20)21(3)8(2)23/h7H,5-6H2,1-4H3,(H,25,26)(H,27,28). The number of hydrogen-bond acceptors (Lipinski definition) is 4. The quantitative estimate of drug-likeness (QED) is 0.415. The normalized spacial score (nSPS) is 11.7. The number of carbonyl (C=O) groups excluding carboxylic acids is 2. The number of benzene rings is 1. The first-order valence-corrected chi connectivity index (χ1v) is 11.2. The molecule has 0 heterocycles. The number of nitrogens with zero attached hydrogens (tertiary/aromatic N) is 2. The van der Waals surface area contributed by atoms with Gasteiger partial charge in [0.25, 0.3) is 0 Å². The van der Waals surface area contributed by atoms with Crippen LogP contribution in [0, 0.1) is 16.6 Å². The fourth-order valence-corrected chi connectivity index (χ4v) is 7.58. The maximum atomic E-state index is 12.7. The summed E-state index contributed by atoms with van der Waals surface area (Å²) in [6.45, 7) is 3.04. The van der Waals surface area contributed by atoms with Gasteiger partial charge in [-0.1, -0.05) is 6.92 Å². The molecular weight excluding hydrogens is 709 g/mol. The first kappa shape index (κ1) is 25.3. The Hall–Kier alpha value is -0.710. The topological polar surface area (TPSA) is 115 Å². The molecule has 154 valence electrons. The molecule has 1 unspecified atom stereocenters. The lowest BCUT2D eigenvalue weighted by atomic mass is 10.0. The highest BCUT2D eigenvalue weighted by Crippen LogP contribution is 2.42. The summed E-state index contributed by atoms with van der Waals surface area (Å²) in [5, 5.41) is 18.6. The highest BCUT2D eigenvalue weighted by molar-refractivity contribution is 14.1. The van der Waals surface area contributed by atoms with Crippen molar-refractivity contribution in [1.82, 2.24) is 0 Å². The van der Waals surface area contributed by atoms with Crippen molar-refractivity contribution in [2.75, 3.05) is 23.9 Å². The Bertz CT molecular complexity index is 843. The van der Waals surface area contributed by atoms with Gasteiger partial charge in [-0.25, -0.2) is 4.79 Å². The number of hydrogen-bond donors (Lipinski definition) is 2. The van der Waals surface area contributed by atoms with Crippen LogP contribution in [0.4, 0.5) is 11.4 Å². The molecule has 2 N–H and O–H groups in total. The van der Waals surface area contributed by atoms with E-state index in [1.807, 2.05) is 67.8 Å². The Morgan fingerprint density at radius 3 is 1.75 bits per heavy atom. The van der Waals surface area contributed by atoms with Crippen LogP contribution in [0.3, 0.4) is 0 Å². The van der Waals surface area contributed by atoms with Gasteiger partial charge in [-0.05, 0) is 73.7 Å². The first-order valence-electron chi connectivity index (χ1n) is 7.97. The van der Waals surface area contributed by atoms with Gasteiger partial charge in [-0.2, -0.15) is 0 Å². The zero-order chi connectivity index (χ0) is 21.9. The van der Waals surface area contributed by atoms with Crippen molar-refractivity contribution < 1.29 is 29.4 Å². The van der Waals surface area contributed by atoms with Crippen molar-refractivity contribution >= 4 is 103 Å². The van der Waals surface area contributed by atoms with E-state index in [0.29, 0.717) is 22.1 Å². The Morgan fingerprint density at radius 2 is 1.36 bits per heavy atom. The van der Waals surface area contributed by atoms with E-state index in [2.05, 4.69) is 0 Å². The van der Waals surface area contributed by atoms with Gasteiger partial charge < -0.3 is 20.0 Å². The van der Waals surface area contributed by atoms with Crippen molar-refractivity contribution in [3.63, 3.8) is 0 Å². The minimum Gasteiger partial charge on any atom is -0.481 e. The van der Waals surface area contributed by atoms with E-state index >= 15 is 0 Å². The summed E-state index contributed by atoms with van der Waals surface area (Å²) < 4.78 is 1.35. The van der Waals surface area contributed by atoms with Crippen LogP contribution >= 0.6 is 67.8 Å². The van der Waals surface area contributed by atoms with Crippen molar-refractivity contribution in [3.8, 4) is 0 Å². The van der Waals surface area contributed by atoms with Crippen LogP contribution in [0.25, 0.3) is 0 Å². The van der Waals surface area contributed by atoms with Gasteiger partial charge in [-0.15, -0.1) is 0 Å². The summed E-state index contributed by atoms with van der Waals surface area (Å²) in [6, 6.07) is 0. The van der Waals surface area contributed by atoms with Crippen LogP contribution in [-0.2, 0) is 14.4 Å². The first-order chi connectivity index (χ1) is 12.8. The highest BCUT2D eigenvalue weighted by atomic mass is 127. The second kappa shape index (κ2) is 10.4. The van der Waals surface area contributed by atoms with E-state index < -0.39 is 11.9 Å². The molecule has 0 aromatic heterocycles. The van der Waals surface area contributed by atoms with Gasteiger partial charge in [0.2, 0.25) is 11.8 Å². The summed E-state index contributed by atoms with van der Waals surface area (Å²) in [4.78, 5) is 50.0. The van der Waals surface area contributed by atoms with Crippen LogP contribution in [0.15, 0.2) is 0 Å². The molecule has 1 atom stereocenters. The predicted molar refractivity (Wildman–Crippen MR) is 130 cm³/mol. The number of halogens is 3. The molecule has 0 fully saturated rings. The molecule has 0 aliphatic rings. The SMILES string of the molecule is CC(=O)N(C)c1c(I)c(C(=O)O)c(I)c(N(C)C(=O)CC(C)CC(=O)O)c1I. The Morgan fingerprint density at radius 1 is 0.893 bits per heavy atom. The fraction of sp³-hybridized carbons (Fsp3) is 0.412. The van der Waals surface area contributed by atoms with E-state index in [-0.39, 0.29) is 36.1 Å². The van der Waals surface area contributed by atoms with Crippen molar-refractivity contribution in [1.29, 1.82) is 0 Å². The van der Waals surface area contributed by atoms with Crippen LogP contribution in [-0.4, -0.2) is 48.1 Å². The molecule has 0 aliphatic heterocycles. The summed E-state index contributed by atoms with van der Waals surface area (Å²) in [7, 11) is 3.06. The third-order valence-electron chi connectivity index (χ3n) is 4.05. The van der Waals surface area contributed by atoms with Gasteiger partial charge in [0.1, 0.15) is 0 Å². The van der Waals surface area contributed by atoms with Gasteiger partial charge in [0, 0.05) is 33.9 Å². The second-order valence-electron chi connectivity index (χ2n) is 6.26. The molecule has 0 spiro atoms. The number of aliphatic carboxylic acids is 1. The Kier molecular flexibility index (Phi) is 9.37. The van der Waals surface area contributed by atoms with Crippen LogP contribution in [0.5, 0.6) is 0 Å². The molecule has 2 amide bonds. The minimum absolute atomic E-state index is 0.00122. The number of aromatic carboxylic acids is 1. The summed E-state index contributed by atoms with van der Waals surface area (Å²) >= 11 is 5.78. The molecule has 0 saturated heterocycles. The number of amides is 2. The summed E-state index contributed by atoms with van der Waals surface area (Å²) in [5.41, 5.74) is 0.812. The number of rotatable bonds is 7. The summed E-state index contributed by atoms with van der Waals surface area (Å²) in [5.74, 6) is -3.13. The lowest BCUT2D eigenvalue weighted by Crippen LogP contribution is -2.32. The third-order valence-corrected chi connectivity index (χ3v) is 7.17. The lowest BCUT2D eigenvalue weighted by molar-refractivity contribution is -0.138. The predicted octanol–water partition coefficient (Wildman–Crippen LogP) is 3.65. The minimum atomic E-state index is -1.16. The number of carboxylic acid groups (broad SMARTS) is 2. The van der Waals surface area contributed by atoms with Gasteiger partial charge in [0.15, 0.2) is 0 Å². The number of anilines is 2. The zero-order valence-corrected chi connectivity index (χ0v) is 22.0. The van der Waals surface area contributed by atoms with E-state index in [1.54, 1.807) is 14.0 Å². The van der Waals surface area contributed by atoms with Crippen molar-refractivity contribution in [2.45, 2.75) is 26.7 Å². The third kappa shape index (κ3) is 5.67. The van der Waals surface area contributed by atoms with Crippen molar-refractivity contribution in [2.24, 2.45) is 5.92 Å². The van der Waals surface area contributed by atoms with Crippen molar-refractivity contribution in [3.05, 3.63) is 16.3 Å². The van der Waals surface area contributed by atoms with Gasteiger partial charge in [0.05, 0.1) is 27.6 Å². The zero-order valence-electron chi connectivity index (χ0n) is 15.5. The number of carbonyl (C=O) groups is 4. The molecule has 0 radical (unpaired) electrons. The maximum Gasteiger partial charge on any atom is 0.338 e. The fourth-order valence-electron chi connectivity index (χ4n) is 2.50. The molecule has 1 rings (SSSR count). The van der Waals surface area contributed by atoms with Crippen LogP contribution in [0.1, 0.15) is 37.0 Å². The molecule has 0 saturated carbocycles. The monoisotopic (exact) mass is 728 g/mol. The van der Waals surface area contributed by atoms with E-state index in [0.717, 1.165) is 0 Å². The highest BCUT2D eigenvalue weighted by Gasteiger charge is 2.30. The Balaban J connectivity index is 3.57. The van der Waals surface area contributed by atoms with E-state index in [9.17, 15) is 24.3 Å². The lowest BCUT2D eigenvalue weighted by Gasteiger charge is -2.28. The van der Waals surface area contributed by atoms with E-state index in [4.69, 9.17) is 5.11 Å². The molecule has 1 aromatic carbocycles. The molecule has 8 nitrogen and oxygen atoms in total. The maximum absolute atomic E-state index is 12.7. The second-order valence-corrected chi connectivity index (χ2v) is 9.49. The Labute approximate surface area is 203 Å². The average Bonchev–Trinajstić information content (AvgIpc) is 2.52. The molecule has 0 bridgehead atoms. The molecular formula is C17H19I3N2O6. The smallest absolute Gasteiger partial charge is 0.338 e.